The molecule has 0 unspecified atom stereocenters. The number of phenolic OH excluding ortho intramolecular Hbond substituents is 2. The van der Waals surface area contributed by atoms with Gasteiger partial charge in [0.1, 0.15) is 11.5 Å². The van der Waals surface area contributed by atoms with Gasteiger partial charge in [0, 0.05) is 12.0 Å². The van der Waals surface area contributed by atoms with Crippen molar-refractivity contribution in [3.05, 3.63) is 56.7 Å². The van der Waals surface area contributed by atoms with Crippen LogP contribution in [0.15, 0.2) is 34.9 Å². The van der Waals surface area contributed by atoms with E-state index in [4.69, 9.17) is 11.6 Å². The molecule has 0 aromatic heterocycles. The van der Waals surface area contributed by atoms with Crippen molar-refractivity contribution in [1.82, 2.24) is 0 Å². The molecule has 0 heterocycles. The molecule has 0 saturated carbocycles. The van der Waals surface area contributed by atoms with Gasteiger partial charge in [0.15, 0.2) is 5.78 Å². The van der Waals surface area contributed by atoms with Crippen molar-refractivity contribution < 1.29 is 15.0 Å². The third-order valence-corrected chi connectivity index (χ3v) is 5.72. The molecule has 0 atom stereocenters. The maximum absolute atomic E-state index is 12.4. The Kier molecular flexibility index (Phi) is 11.0. The van der Waals surface area contributed by atoms with Crippen LogP contribution in [0.1, 0.15) is 94.6 Å². The quantitative estimate of drug-likeness (QED) is 0.275. The fraction of sp³-hybridized carbons (Fsp3) is 0.500. The molecule has 0 bridgehead atoms. The summed E-state index contributed by atoms with van der Waals surface area (Å²) in [5.74, 6) is -0.434. The molecule has 1 rings (SSSR count). The monoisotopic (exact) mass is 432 g/mol. The minimum atomic E-state index is -0.148. The normalized spacial score (nSPS) is 12.2. The molecule has 0 saturated heterocycles. The number of ketones is 1. The Morgan fingerprint density at radius 3 is 2.03 bits per heavy atom. The molecule has 0 aliphatic heterocycles. The van der Waals surface area contributed by atoms with E-state index in [9.17, 15) is 15.0 Å². The Balaban J connectivity index is 2.88. The Morgan fingerprint density at radius 1 is 0.900 bits per heavy atom. The fourth-order valence-corrected chi connectivity index (χ4v) is 3.57. The molecular weight excluding hydrogens is 396 g/mol. The average Bonchev–Trinajstić information content (AvgIpc) is 2.66. The van der Waals surface area contributed by atoms with Crippen molar-refractivity contribution in [3.8, 4) is 11.5 Å². The van der Waals surface area contributed by atoms with E-state index in [1.807, 2.05) is 19.9 Å². The molecule has 1 aromatic carbocycles. The van der Waals surface area contributed by atoms with Crippen LogP contribution in [-0.4, -0.2) is 16.0 Å². The smallest absolute Gasteiger partial charge is 0.166 e. The van der Waals surface area contributed by atoms with Crippen molar-refractivity contribution in [2.24, 2.45) is 0 Å². The summed E-state index contributed by atoms with van der Waals surface area (Å²) in [5, 5.41) is 21.2. The first-order chi connectivity index (χ1) is 14.1. The number of benzene rings is 1. The summed E-state index contributed by atoms with van der Waals surface area (Å²) in [6.07, 6.45) is 11.9. The Labute approximate surface area is 187 Å². The number of aromatic hydroxyl groups is 2. The van der Waals surface area contributed by atoms with Crippen LogP contribution in [0, 0.1) is 6.92 Å². The summed E-state index contributed by atoms with van der Waals surface area (Å²) < 4.78 is 0. The number of halogens is 1. The first kappa shape index (κ1) is 26.0. The van der Waals surface area contributed by atoms with Gasteiger partial charge in [-0.3, -0.25) is 4.79 Å². The third kappa shape index (κ3) is 7.68. The predicted octanol–water partition coefficient (Wildman–Crippen LogP) is 8.00. The molecule has 0 fully saturated rings. The lowest BCUT2D eigenvalue weighted by atomic mass is 9.94. The zero-order chi connectivity index (χ0) is 22.8. The molecule has 0 aliphatic carbocycles. The molecule has 4 heteroatoms. The van der Waals surface area contributed by atoms with Gasteiger partial charge in [-0.05, 0) is 78.7 Å². The highest BCUT2D eigenvalue weighted by Gasteiger charge is 2.23. The van der Waals surface area contributed by atoms with E-state index in [1.165, 1.54) is 16.7 Å². The molecule has 3 nitrogen and oxygen atoms in total. The van der Waals surface area contributed by atoms with E-state index in [1.54, 1.807) is 6.92 Å². The summed E-state index contributed by atoms with van der Waals surface area (Å²) >= 11 is 6.25. The largest absolute Gasteiger partial charge is 0.507 e. The van der Waals surface area contributed by atoms with Crippen LogP contribution >= 0.6 is 11.6 Å². The maximum Gasteiger partial charge on any atom is 0.166 e. The Morgan fingerprint density at radius 2 is 1.47 bits per heavy atom. The number of hydrogen-bond donors (Lipinski definition) is 2. The molecular formula is C26H37ClO3. The van der Waals surface area contributed by atoms with Crippen LogP contribution in [0.5, 0.6) is 11.5 Å². The summed E-state index contributed by atoms with van der Waals surface area (Å²) in [5.41, 5.74) is 4.89. The van der Waals surface area contributed by atoms with Crippen molar-refractivity contribution in [3.63, 3.8) is 0 Å². The average molecular weight is 433 g/mol. The SMILES string of the molecule is CCCC(=O)c1c(C)c(Cl)c(O)c(C/C=C(\C)CC/C=C(\C)CCC=C(C)C)c1O. The van der Waals surface area contributed by atoms with Gasteiger partial charge in [-0.25, -0.2) is 0 Å². The molecule has 1 aromatic rings. The second-order valence-electron chi connectivity index (χ2n) is 8.33. The summed E-state index contributed by atoms with van der Waals surface area (Å²) in [6.45, 7) is 12.0. The van der Waals surface area contributed by atoms with Gasteiger partial charge in [0.2, 0.25) is 0 Å². The van der Waals surface area contributed by atoms with E-state index in [-0.39, 0.29) is 27.9 Å². The van der Waals surface area contributed by atoms with Crippen LogP contribution in [-0.2, 0) is 6.42 Å². The summed E-state index contributed by atoms with van der Waals surface area (Å²) in [6, 6.07) is 0. The second kappa shape index (κ2) is 12.6. The standard InChI is InChI=1S/C26H37ClO3/c1-7-10-22(28)23-20(6)24(27)26(30)21(25(23)29)16-15-19(5)14-9-13-18(4)12-8-11-17(2)3/h11,13,15,29-30H,7-10,12,14,16H2,1-6H3/b18-13+,19-15+. The summed E-state index contributed by atoms with van der Waals surface area (Å²) in [7, 11) is 0. The highest BCUT2D eigenvalue weighted by atomic mass is 35.5. The number of Topliss-reactive ketones (excluding diaryl/α,β-unsaturated/α-hetero) is 1. The number of carbonyl (C=O) groups excluding carboxylic acids is 1. The van der Waals surface area contributed by atoms with Crippen molar-refractivity contribution in [2.75, 3.05) is 0 Å². The molecule has 166 valence electrons. The van der Waals surface area contributed by atoms with E-state index in [2.05, 4.69) is 32.9 Å². The lowest BCUT2D eigenvalue weighted by Crippen LogP contribution is -2.05. The summed E-state index contributed by atoms with van der Waals surface area (Å²) in [4.78, 5) is 12.4. The lowest BCUT2D eigenvalue weighted by molar-refractivity contribution is 0.0978. The Bertz CT molecular complexity index is 841. The molecule has 0 radical (unpaired) electrons. The van der Waals surface area contributed by atoms with Crippen LogP contribution in [0.2, 0.25) is 5.02 Å². The lowest BCUT2D eigenvalue weighted by Gasteiger charge is -2.15. The maximum atomic E-state index is 12.4. The first-order valence-corrected chi connectivity index (χ1v) is 11.2. The molecule has 0 amide bonds. The van der Waals surface area contributed by atoms with Gasteiger partial charge in [0.05, 0.1) is 10.6 Å². The highest BCUT2D eigenvalue weighted by Crippen LogP contribution is 2.41. The van der Waals surface area contributed by atoms with Gasteiger partial charge in [-0.1, -0.05) is 53.5 Å². The zero-order valence-corrected chi connectivity index (χ0v) is 20.1. The third-order valence-electron chi connectivity index (χ3n) is 5.25. The van der Waals surface area contributed by atoms with E-state index >= 15 is 0 Å². The number of hydrogen-bond acceptors (Lipinski definition) is 3. The van der Waals surface area contributed by atoms with Crippen LogP contribution in [0.4, 0.5) is 0 Å². The molecule has 0 spiro atoms. The second-order valence-corrected chi connectivity index (χ2v) is 8.70. The highest BCUT2D eigenvalue weighted by molar-refractivity contribution is 6.33. The fourth-order valence-electron chi connectivity index (χ4n) is 3.36. The number of allylic oxidation sites excluding steroid dienone is 6. The van der Waals surface area contributed by atoms with Crippen LogP contribution in [0.25, 0.3) is 0 Å². The van der Waals surface area contributed by atoms with E-state index in [0.717, 1.165) is 25.7 Å². The predicted molar refractivity (Wildman–Crippen MR) is 128 cm³/mol. The van der Waals surface area contributed by atoms with Gasteiger partial charge in [0.25, 0.3) is 0 Å². The minimum absolute atomic E-state index is 0.140. The number of phenols is 2. The van der Waals surface area contributed by atoms with Crippen molar-refractivity contribution in [2.45, 2.75) is 86.5 Å². The van der Waals surface area contributed by atoms with Crippen LogP contribution < -0.4 is 0 Å². The van der Waals surface area contributed by atoms with Crippen LogP contribution in [0.3, 0.4) is 0 Å². The minimum Gasteiger partial charge on any atom is -0.507 e. The molecule has 30 heavy (non-hydrogen) atoms. The number of rotatable bonds is 11. The van der Waals surface area contributed by atoms with Crippen molar-refractivity contribution >= 4 is 17.4 Å². The van der Waals surface area contributed by atoms with Gasteiger partial charge < -0.3 is 10.2 Å². The van der Waals surface area contributed by atoms with E-state index in [0.29, 0.717) is 30.4 Å². The Hall–Kier alpha value is -2.00. The first-order valence-electron chi connectivity index (χ1n) is 10.8. The number of carbonyl (C=O) groups is 1. The van der Waals surface area contributed by atoms with Gasteiger partial charge >= 0.3 is 0 Å². The molecule has 2 N–H and O–H groups in total. The molecule has 0 aliphatic rings. The van der Waals surface area contributed by atoms with Gasteiger partial charge in [-0.2, -0.15) is 0 Å². The topological polar surface area (TPSA) is 57.5 Å². The van der Waals surface area contributed by atoms with Crippen molar-refractivity contribution in [1.29, 1.82) is 0 Å². The van der Waals surface area contributed by atoms with E-state index < -0.39 is 0 Å². The zero-order valence-electron chi connectivity index (χ0n) is 19.4. The van der Waals surface area contributed by atoms with Gasteiger partial charge in [-0.15, -0.1) is 0 Å².